The summed E-state index contributed by atoms with van der Waals surface area (Å²) in [6.07, 6.45) is 2.73. The molecule has 1 aliphatic heterocycles. The predicted molar refractivity (Wildman–Crippen MR) is 90.8 cm³/mol. The van der Waals surface area contributed by atoms with Crippen LogP contribution in [-0.4, -0.2) is 49.2 Å². The molecule has 0 saturated carbocycles. The van der Waals surface area contributed by atoms with Crippen molar-refractivity contribution >= 4 is 9.84 Å². The lowest BCUT2D eigenvalue weighted by molar-refractivity contribution is 0.263. The van der Waals surface area contributed by atoms with Crippen molar-refractivity contribution in [1.82, 2.24) is 14.9 Å². The van der Waals surface area contributed by atoms with Gasteiger partial charge in [0.05, 0.1) is 23.5 Å². The maximum atomic E-state index is 12.5. The molecule has 6 nitrogen and oxygen atoms in total. The first-order valence-corrected chi connectivity index (χ1v) is 9.54. The molecular formula is C17H21N3O3S. The van der Waals surface area contributed by atoms with Crippen molar-refractivity contribution in [3.63, 3.8) is 0 Å². The average molecular weight is 347 g/mol. The SMILES string of the molecule is COc1cccc(S(=O)(=O)CCN2CCc3cnc(C)nc3C2)c1. The molecule has 24 heavy (non-hydrogen) atoms. The van der Waals surface area contributed by atoms with Crippen molar-refractivity contribution < 1.29 is 13.2 Å². The van der Waals surface area contributed by atoms with Gasteiger partial charge in [-0.2, -0.15) is 0 Å². The van der Waals surface area contributed by atoms with E-state index in [4.69, 9.17) is 4.74 Å². The molecule has 0 spiro atoms. The minimum Gasteiger partial charge on any atom is -0.497 e. The van der Waals surface area contributed by atoms with Crippen LogP contribution >= 0.6 is 0 Å². The highest BCUT2D eigenvalue weighted by molar-refractivity contribution is 7.91. The lowest BCUT2D eigenvalue weighted by atomic mass is 10.1. The Morgan fingerprint density at radius 2 is 2.17 bits per heavy atom. The highest BCUT2D eigenvalue weighted by atomic mass is 32.2. The van der Waals surface area contributed by atoms with Gasteiger partial charge in [-0.15, -0.1) is 0 Å². The number of hydrogen-bond donors (Lipinski definition) is 0. The Balaban J connectivity index is 1.67. The molecule has 1 aromatic heterocycles. The molecule has 0 unspecified atom stereocenters. The first-order chi connectivity index (χ1) is 11.5. The number of ether oxygens (including phenoxy) is 1. The van der Waals surface area contributed by atoms with Gasteiger partial charge in [-0.25, -0.2) is 18.4 Å². The van der Waals surface area contributed by atoms with Gasteiger partial charge >= 0.3 is 0 Å². The van der Waals surface area contributed by atoms with E-state index in [0.717, 1.165) is 30.0 Å². The maximum Gasteiger partial charge on any atom is 0.179 e. The fourth-order valence-corrected chi connectivity index (χ4v) is 4.13. The standard InChI is InChI=1S/C17H21N3O3S/c1-13-18-11-14-6-7-20(12-17(14)19-13)8-9-24(21,22)16-5-3-4-15(10-16)23-2/h3-5,10-11H,6-9,12H2,1-2H3. The van der Waals surface area contributed by atoms with Gasteiger partial charge in [0.15, 0.2) is 9.84 Å². The molecule has 0 fully saturated rings. The number of rotatable bonds is 5. The third-order valence-electron chi connectivity index (χ3n) is 4.22. The molecule has 0 atom stereocenters. The number of sulfone groups is 1. The van der Waals surface area contributed by atoms with E-state index in [1.54, 1.807) is 24.3 Å². The van der Waals surface area contributed by atoms with Crippen LogP contribution < -0.4 is 4.74 Å². The van der Waals surface area contributed by atoms with E-state index in [-0.39, 0.29) is 5.75 Å². The van der Waals surface area contributed by atoms with Crippen molar-refractivity contribution in [3.8, 4) is 5.75 Å². The summed E-state index contributed by atoms with van der Waals surface area (Å²) >= 11 is 0. The van der Waals surface area contributed by atoms with E-state index in [2.05, 4.69) is 14.9 Å². The molecule has 7 heteroatoms. The Bertz CT molecular complexity index is 837. The zero-order chi connectivity index (χ0) is 17.2. The van der Waals surface area contributed by atoms with E-state index in [0.29, 0.717) is 23.7 Å². The van der Waals surface area contributed by atoms with E-state index in [1.165, 1.54) is 7.11 Å². The van der Waals surface area contributed by atoms with Crippen molar-refractivity contribution in [2.75, 3.05) is 26.0 Å². The number of nitrogens with zero attached hydrogens (tertiary/aromatic N) is 3. The van der Waals surface area contributed by atoms with Gasteiger partial charge < -0.3 is 4.74 Å². The van der Waals surface area contributed by atoms with Gasteiger partial charge in [-0.05, 0) is 37.1 Å². The molecular weight excluding hydrogens is 326 g/mol. The number of methoxy groups -OCH3 is 1. The van der Waals surface area contributed by atoms with Gasteiger partial charge in [-0.1, -0.05) is 6.07 Å². The second-order valence-electron chi connectivity index (χ2n) is 5.91. The normalized spacial score (nSPS) is 15.1. The predicted octanol–water partition coefficient (Wildman–Crippen LogP) is 1.63. The van der Waals surface area contributed by atoms with Gasteiger partial charge in [-0.3, -0.25) is 4.90 Å². The average Bonchev–Trinajstić information content (AvgIpc) is 2.59. The monoisotopic (exact) mass is 347 g/mol. The lowest BCUT2D eigenvalue weighted by Crippen LogP contribution is -2.35. The molecule has 2 aromatic rings. The van der Waals surface area contributed by atoms with E-state index in [1.807, 2.05) is 13.1 Å². The van der Waals surface area contributed by atoms with Gasteiger partial charge in [0.1, 0.15) is 11.6 Å². The molecule has 3 rings (SSSR count). The van der Waals surface area contributed by atoms with Gasteiger partial charge in [0.25, 0.3) is 0 Å². The highest BCUT2D eigenvalue weighted by Crippen LogP contribution is 2.20. The van der Waals surface area contributed by atoms with Crippen LogP contribution in [0.2, 0.25) is 0 Å². The fourth-order valence-electron chi connectivity index (χ4n) is 2.81. The van der Waals surface area contributed by atoms with Gasteiger partial charge in [0, 0.05) is 25.8 Å². The second-order valence-corrected chi connectivity index (χ2v) is 8.02. The van der Waals surface area contributed by atoms with Crippen LogP contribution in [-0.2, 0) is 22.8 Å². The summed E-state index contributed by atoms with van der Waals surface area (Å²) in [6.45, 7) is 3.86. The molecule has 0 amide bonds. The summed E-state index contributed by atoms with van der Waals surface area (Å²) in [6, 6.07) is 6.61. The summed E-state index contributed by atoms with van der Waals surface area (Å²) in [5.74, 6) is 1.38. The topological polar surface area (TPSA) is 72.4 Å². The number of hydrogen-bond acceptors (Lipinski definition) is 6. The zero-order valence-electron chi connectivity index (χ0n) is 13.9. The third kappa shape index (κ3) is 3.73. The van der Waals surface area contributed by atoms with Crippen LogP contribution in [0.3, 0.4) is 0 Å². The minimum absolute atomic E-state index is 0.0829. The van der Waals surface area contributed by atoms with Crippen LogP contribution in [0.1, 0.15) is 17.1 Å². The summed E-state index contributed by atoms with van der Waals surface area (Å²) in [5, 5.41) is 0. The maximum absolute atomic E-state index is 12.5. The van der Waals surface area contributed by atoms with Crippen LogP contribution in [0.4, 0.5) is 0 Å². The van der Waals surface area contributed by atoms with Crippen molar-refractivity contribution in [2.45, 2.75) is 24.8 Å². The van der Waals surface area contributed by atoms with Crippen LogP contribution in [0.25, 0.3) is 0 Å². The van der Waals surface area contributed by atoms with E-state index >= 15 is 0 Å². The summed E-state index contributed by atoms with van der Waals surface area (Å²) < 4.78 is 30.2. The zero-order valence-corrected chi connectivity index (χ0v) is 14.7. The Morgan fingerprint density at radius 3 is 2.96 bits per heavy atom. The lowest BCUT2D eigenvalue weighted by Gasteiger charge is -2.27. The molecule has 0 bridgehead atoms. The largest absolute Gasteiger partial charge is 0.497 e. The summed E-state index contributed by atoms with van der Waals surface area (Å²) in [4.78, 5) is 11.1. The first-order valence-electron chi connectivity index (χ1n) is 7.88. The van der Waals surface area contributed by atoms with E-state index in [9.17, 15) is 8.42 Å². The first kappa shape index (κ1) is 16.9. The molecule has 2 heterocycles. The minimum atomic E-state index is -3.33. The Hall–Kier alpha value is -1.99. The molecule has 1 aromatic carbocycles. The highest BCUT2D eigenvalue weighted by Gasteiger charge is 2.21. The molecule has 128 valence electrons. The van der Waals surface area contributed by atoms with Crippen molar-refractivity contribution in [1.29, 1.82) is 0 Å². The van der Waals surface area contributed by atoms with Crippen molar-refractivity contribution in [3.05, 3.63) is 47.5 Å². The molecule has 0 radical (unpaired) electrons. The molecule has 0 saturated heterocycles. The molecule has 0 aliphatic carbocycles. The Labute approximate surface area is 142 Å². The molecule has 0 N–H and O–H groups in total. The fraction of sp³-hybridized carbons (Fsp3) is 0.412. The summed E-state index contributed by atoms with van der Waals surface area (Å²) in [5.41, 5.74) is 2.17. The smallest absolute Gasteiger partial charge is 0.179 e. The van der Waals surface area contributed by atoms with Crippen LogP contribution in [0.15, 0.2) is 35.4 Å². The Morgan fingerprint density at radius 1 is 1.33 bits per heavy atom. The quantitative estimate of drug-likeness (QED) is 0.818. The van der Waals surface area contributed by atoms with Gasteiger partial charge in [0.2, 0.25) is 0 Å². The second kappa shape index (κ2) is 6.86. The third-order valence-corrected chi connectivity index (χ3v) is 5.91. The number of fused-ring (bicyclic) bond motifs is 1. The number of aromatic nitrogens is 2. The number of benzene rings is 1. The number of aryl methyl sites for hydroxylation is 1. The summed E-state index contributed by atoms with van der Waals surface area (Å²) in [7, 11) is -1.80. The van der Waals surface area contributed by atoms with Crippen molar-refractivity contribution in [2.24, 2.45) is 0 Å². The van der Waals surface area contributed by atoms with Crippen LogP contribution in [0.5, 0.6) is 5.75 Å². The Kier molecular flexibility index (Phi) is 4.82. The molecule has 1 aliphatic rings. The van der Waals surface area contributed by atoms with Crippen LogP contribution in [0, 0.1) is 6.92 Å². The van der Waals surface area contributed by atoms with E-state index < -0.39 is 9.84 Å².